The van der Waals surface area contributed by atoms with Gasteiger partial charge in [-0.2, -0.15) is 0 Å². The van der Waals surface area contributed by atoms with Crippen LogP contribution in [0.5, 0.6) is 0 Å². The summed E-state index contributed by atoms with van der Waals surface area (Å²) in [5.41, 5.74) is 6.16. The van der Waals surface area contributed by atoms with Crippen molar-refractivity contribution in [1.29, 1.82) is 0 Å². The molecule has 0 radical (unpaired) electrons. The van der Waals surface area contributed by atoms with Gasteiger partial charge in [-0.25, -0.2) is 0 Å². The Bertz CT molecular complexity index is 402. The van der Waals surface area contributed by atoms with Gasteiger partial charge in [0.25, 0.3) is 0 Å². The molecular formula is C18H30N2O2. The van der Waals surface area contributed by atoms with E-state index in [2.05, 4.69) is 5.32 Å². The molecule has 1 amide bonds. The Hall–Kier alpha value is -0.610. The van der Waals surface area contributed by atoms with Gasteiger partial charge in [0, 0.05) is 13.1 Å². The molecule has 1 saturated heterocycles. The van der Waals surface area contributed by atoms with Crippen molar-refractivity contribution in [3.8, 4) is 0 Å². The number of nitrogens with two attached hydrogens (primary N) is 1. The van der Waals surface area contributed by atoms with Gasteiger partial charge in [0.15, 0.2) is 0 Å². The standard InChI is InChI=1S/C18H30N2O2/c19-11-15-1-2-16(22-15)17(21)20-4-3-18-8-12-5-13(9-18)7-14(6-12)10-18/h12-16H,1-11,19H2,(H,20,21)/t12?,13?,14?,15-,16+,18?/m1/s1. The van der Waals surface area contributed by atoms with Crippen LogP contribution < -0.4 is 11.1 Å². The smallest absolute Gasteiger partial charge is 0.249 e. The molecule has 0 spiro atoms. The fraction of sp³-hybridized carbons (Fsp3) is 0.944. The molecule has 4 bridgehead atoms. The van der Waals surface area contributed by atoms with Crippen LogP contribution in [0.2, 0.25) is 0 Å². The highest BCUT2D eigenvalue weighted by Crippen LogP contribution is 2.61. The first kappa shape index (κ1) is 14.9. The molecule has 4 heteroatoms. The first-order valence-corrected chi connectivity index (χ1v) is 9.29. The van der Waals surface area contributed by atoms with E-state index in [-0.39, 0.29) is 18.1 Å². The van der Waals surface area contributed by atoms with Gasteiger partial charge >= 0.3 is 0 Å². The lowest BCUT2D eigenvalue weighted by atomic mass is 9.49. The Morgan fingerprint density at radius 3 is 2.27 bits per heavy atom. The number of hydrogen-bond donors (Lipinski definition) is 2. The van der Waals surface area contributed by atoms with Crippen LogP contribution in [0.3, 0.4) is 0 Å². The van der Waals surface area contributed by atoms with Gasteiger partial charge in [0.1, 0.15) is 6.10 Å². The maximum absolute atomic E-state index is 12.2. The number of rotatable bonds is 5. The average molecular weight is 306 g/mol. The van der Waals surface area contributed by atoms with Crippen LogP contribution in [0.25, 0.3) is 0 Å². The minimum absolute atomic E-state index is 0.0823. The Kier molecular flexibility index (Phi) is 3.93. The molecule has 124 valence electrons. The minimum Gasteiger partial charge on any atom is -0.364 e. The van der Waals surface area contributed by atoms with Crippen LogP contribution in [0, 0.1) is 23.2 Å². The predicted molar refractivity (Wildman–Crippen MR) is 85.2 cm³/mol. The van der Waals surface area contributed by atoms with Crippen molar-refractivity contribution in [2.24, 2.45) is 28.9 Å². The van der Waals surface area contributed by atoms with E-state index >= 15 is 0 Å². The molecule has 22 heavy (non-hydrogen) atoms. The van der Waals surface area contributed by atoms with Crippen molar-refractivity contribution >= 4 is 5.91 Å². The van der Waals surface area contributed by atoms with Crippen molar-refractivity contribution in [3.05, 3.63) is 0 Å². The van der Waals surface area contributed by atoms with Gasteiger partial charge in [-0.05, 0) is 81.0 Å². The highest BCUT2D eigenvalue weighted by molar-refractivity contribution is 5.80. The fourth-order valence-corrected chi connectivity index (χ4v) is 6.23. The molecule has 1 heterocycles. The fourth-order valence-electron chi connectivity index (χ4n) is 6.23. The van der Waals surface area contributed by atoms with Crippen LogP contribution in [0.1, 0.15) is 57.8 Å². The highest BCUT2D eigenvalue weighted by atomic mass is 16.5. The monoisotopic (exact) mass is 306 g/mol. The summed E-state index contributed by atoms with van der Waals surface area (Å²) in [6.45, 7) is 1.36. The van der Waals surface area contributed by atoms with Gasteiger partial charge in [0.05, 0.1) is 6.10 Å². The summed E-state index contributed by atoms with van der Waals surface area (Å²) in [6.07, 6.45) is 11.5. The average Bonchev–Trinajstić information content (AvgIpc) is 2.94. The molecule has 0 aromatic carbocycles. The molecule has 4 aliphatic carbocycles. The van der Waals surface area contributed by atoms with Crippen molar-refractivity contribution in [3.63, 3.8) is 0 Å². The summed E-state index contributed by atoms with van der Waals surface area (Å²) in [4.78, 5) is 12.2. The summed E-state index contributed by atoms with van der Waals surface area (Å²) in [7, 11) is 0. The van der Waals surface area contributed by atoms with Gasteiger partial charge in [0.2, 0.25) is 5.91 Å². The van der Waals surface area contributed by atoms with Crippen LogP contribution in [0.15, 0.2) is 0 Å². The summed E-state index contributed by atoms with van der Waals surface area (Å²) in [5.74, 6) is 3.06. The quantitative estimate of drug-likeness (QED) is 0.818. The van der Waals surface area contributed by atoms with E-state index in [0.717, 1.165) is 37.1 Å². The van der Waals surface area contributed by atoms with E-state index < -0.39 is 0 Å². The van der Waals surface area contributed by atoms with Crippen LogP contribution in [-0.2, 0) is 9.53 Å². The second kappa shape index (κ2) is 5.79. The zero-order valence-corrected chi connectivity index (χ0v) is 13.6. The summed E-state index contributed by atoms with van der Waals surface area (Å²) in [5, 5.41) is 3.14. The largest absolute Gasteiger partial charge is 0.364 e. The first-order valence-electron chi connectivity index (χ1n) is 9.29. The zero-order valence-electron chi connectivity index (χ0n) is 13.6. The molecule has 4 saturated carbocycles. The van der Waals surface area contributed by atoms with Crippen LogP contribution in [0.4, 0.5) is 0 Å². The lowest BCUT2D eigenvalue weighted by Gasteiger charge is -2.57. The van der Waals surface area contributed by atoms with E-state index in [1.54, 1.807) is 0 Å². The zero-order chi connectivity index (χ0) is 15.2. The van der Waals surface area contributed by atoms with E-state index in [9.17, 15) is 4.79 Å². The lowest BCUT2D eigenvalue weighted by molar-refractivity contribution is -0.132. The Morgan fingerprint density at radius 1 is 1.09 bits per heavy atom. The van der Waals surface area contributed by atoms with Gasteiger partial charge in [-0.15, -0.1) is 0 Å². The molecule has 2 atom stereocenters. The van der Waals surface area contributed by atoms with Crippen LogP contribution >= 0.6 is 0 Å². The third kappa shape index (κ3) is 2.80. The van der Waals surface area contributed by atoms with E-state index in [1.165, 1.54) is 44.9 Å². The molecular weight excluding hydrogens is 276 g/mol. The predicted octanol–water partition coefficient (Wildman–Crippen LogP) is 2.22. The normalized spacial score (nSPS) is 46.1. The van der Waals surface area contributed by atoms with Crippen molar-refractivity contribution in [2.45, 2.75) is 70.0 Å². The summed E-state index contributed by atoms with van der Waals surface area (Å²) >= 11 is 0. The second-order valence-corrected chi connectivity index (χ2v) is 8.52. The lowest BCUT2D eigenvalue weighted by Crippen LogP contribution is -2.47. The van der Waals surface area contributed by atoms with Gasteiger partial charge in [-0.3, -0.25) is 4.79 Å². The van der Waals surface area contributed by atoms with E-state index in [4.69, 9.17) is 10.5 Å². The minimum atomic E-state index is -0.259. The number of carbonyl (C=O) groups is 1. The number of carbonyl (C=O) groups excluding carboxylic acids is 1. The highest BCUT2D eigenvalue weighted by Gasteiger charge is 2.50. The maximum atomic E-state index is 12.2. The SMILES string of the molecule is NC[C@H]1CC[C@@H](C(=O)NCCC23CC4CC(CC(C4)C2)C3)O1. The number of hydrogen-bond acceptors (Lipinski definition) is 3. The van der Waals surface area contributed by atoms with Gasteiger partial charge in [-0.1, -0.05) is 0 Å². The molecule has 5 fully saturated rings. The molecule has 5 aliphatic rings. The molecule has 1 aliphatic heterocycles. The molecule has 0 unspecified atom stereocenters. The molecule has 3 N–H and O–H groups in total. The van der Waals surface area contributed by atoms with E-state index in [1.807, 2.05) is 0 Å². The van der Waals surface area contributed by atoms with Crippen molar-refractivity contribution < 1.29 is 9.53 Å². The number of amides is 1. The first-order chi connectivity index (χ1) is 10.7. The maximum Gasteiger partial charge on any atom is 0.249 e. The number of nitrogens with one attached hydrogen (secondary N) is 1. The van der Waals surface area contributed by atoms with Gasteiger partial charge < -0.3 is 15.8 Å². The topological polar surface area (TPSA) is 64.4 Å². The third-order valence-corrected chi connectivity index (χ3v) is 6.78. The van der Waals surface area contributed by atoms with Crippen molar-refractivity contribution in [2.75, 3.05) is 13.1 Å². The third-order valence-electron chi connectivity index (χ3n) is 6.78. The van der Waals surface area contributed by atoms with E-state index in [0.29, 0.717) is 12.0 Å². The summed E-state index contributed by atoms with van der Waals surface area (Å²) in [6, 6.07) is 0. The summed E-state index contributed by atoms with van der Waals surface area (Å²) < 4.78 is 5.68. The molecule has 4 nitrogen and oxygen atoms in total. The molecule has 5 rings (SSSR count). The van der Waals surface area contributed by atoms with Crippen LogP contribution in [-0.4, -0.2) is 31.2 Å². The Morgan fingerprint density at radius 2 is 1.73 bits per heavy atom. The van der Waals surface area contributed by atoms with Crippen molar-refractivity contribution in [1.82, 2.24) is 5.32 Å². The second-order valence-electron chi connectivity index (χ2n) is 8.52. The number of ether oxygens (including phenoxy) is 1. The molecule has 0 aromatic heterocycles. The molecule has 0 aromatic rings. The Balaban J connectivity index is 1.26. The Labute approximate surface area is 133 Å².